The first-order valence-corrected chi connectivity index (χ1v) is 8.92. The Balaban J connectivity index is 1.57. The Kier molecular flexibility index (Phi) is 4.58. The molecule has 2 aromatic carbocycles. The lowest BCUT2D eigenvalue weighted by molar-refractivity contribution is -0.0228. The Morgan fingerprint density at radius 3 is 2.52 bits per heavy atom. The fraction of sp³-hybridized carbons (Fsp3) is 0.286. The summed E-state index contributed by atoms with van der Waals surface area (Å²) in [5, 5.41) is 0. The molecule has 1 aliphatic rings. The van der Waals surface area contributed by atoms with E-state index in [1.807, 2.05) is 19.9 Å². The first kappa shape index (κ1) is 17.5. The predicted octanol–water partition coefficient (Wildman–Crippen LogP) is 3.60. The van der Waals surface area contributed by atoms with Gasteiger partial charge in [0.15, 0.2) is 0 Å². The average Bonchev–Trinajstić information content (AvgIpc) is 2.68. The second-order valence-corrected chi connectivity index (χ2v) is 6.76. The van der Waals surface area contributed by atoms with E-state index in [0.29, 0.717) is 30.8 Å². The monoisotopic (exact) mass is 365 g/mol. The van der Waals surface area contributed by atoms with Gasteiger partial charge in [-0.05, 0) is 49.7 Å². The van der Waals surface area contributed by atoms with Gasteiger partial charge in [0.05, 0.1) is 35.6 Å². The van der Waals surface area contributed by atoms with E-state index in [-0.39, 0.29) is 17.8 Å². The summed E-state index contributed by atoms with van der Waals surface area (Å²) in [4.78, 5) is 23.8. The van der Waals surface area contributed by atoms with Crippen molar-refractivity contribution < 1.29 is 13.9 Å². The number of carbonyl (C=O) groups excluding carboxylic acids is 1. The molecule has 0 N–H and O–H groups in total. The summed E-state index contributed by atoms with van der Waals surface area (Å²) < 4.78 is 18.9. The number of hydrogen-bond donors (Lipinski definition) is 0. The number of aryl methyl sites for hydroxylation is 2. The zero-order valence-electron chi connectivity index (χ0n) is 15.3. The fourth-order valence-electron chi connectivity index (χ4n) is 3.26. The number of benzene rings is 2. The molecule has 1 aliphatic heterocycles. The van der Waals surface area contributed by atoms with Gasteiger partial charge in [-0.3, -0.25) is 4.79 Å². The molecule has 1 fully saturated rings. The lowest BCUT2D eigenvalue weighted by Crippen LogP contribution is -2.42. The molecule has 0 bridgehead atoms. The molecule has 1 unspecified atom stereocenters. The molecule has 0 aliphatic carbocycles. The maximum Gasteiger partial charge on any atom is 0.254 e. The van der Waals surface area contributed by atoms with Crippen LogP contribution in [-0.2, 0) is 4.74 Å². The maximum absolute atomic E-state index is 13.1. The number of nitrogens with zero attached hydrogens (tertiary/aromatic N) is 3. The van der Waals surface area contributed by atoms with Crippen molar-refractivity contribution in [1.82, 2.24) is 14.9 Å². The molecule has 0 saturated carbocycles. The second kappa shape index (κ2) is 7.04. The highest BCUT2D eigenvalue weighted by atomic mass is 19.1. The van der Waals surface area contributed by atoms with Gasteiger partial charge in [0.25, 0.3) is 5.91 Å². The van der Waals surface area contributed by atoms with Crippen LogP contribution in [0.2, 0.25) is 0 Å². The summed E-state index contributed by atoms with van der Waals surface area (Å²) in [6.07, 6.45) is -0.256. The highest BCUT2D eigenvalue weighted by Gasteiger charge is 2.26. The third-order valence-corrected chi connectivity index (χ3v) is 4.92. The molecule has 27 heavy (non-hydrogen) atoms. The van der Waals surface area contributed by atoms with Gasteiger partial charge < -0.3 is 9.64 Å². The summed E-state index contributed by atoms with van der Waals surface area (Å²) in [5.41, 5.74) is 4.68. The number of rotatable bonds is 2. The molecule has 1 amide bonds. The number of halogens is 1. The van der Waals surface area contributed by atoms with Crippen molar-refractivity contribution in [1.29, 1.82) is 0 Å². The Bertz CT molecular complexity index is 1000. The van der Waals surface area contributed by atoms with Gasteiger partial charge in [-0.2, -0.15) is 0 Å². The van der Waals surface area contributed by atoms with Crippen LogP contribution in [0.3, 0.4) is 0 Å². The average molecular weight is 365 g/mol. The molecular formula is C21H20FN3O2. The number of carbonyl (C=O) groups is 1. The Morgan fingerprint density at radius 1 is 1.07 bits per heavy atom. The van der Waals surface area contributed by atoms with Crippen molar-refractivity contribution in [2.45, 2.75) is 20.0 Å². The van der Waals surface area contributed by atoms with Gasteiger partial charge >= 0.3 is 0 Å². The van der Waals surface area contributed by atoms with E-state index in [0.717, 1.165) is 22.5 Å². The standard InChI is InChI=1S/C21H20FN3O2/c1-13-14(2)24-19-11-16(5-8-18(19)23-13)21(26)25-9-10-27-20(12-25)15-3-6-17(22)7-4-15/h3-8,11,20H,9-10,12H2,1-2H3. The van der Waals surface area contributed by atoms with Crippen molar-refractivity contribution in [2.75, 3.05) is 19.7 Å². The minimum absolute atomic E-state index is 0.0626. The van der Waals surface area contributed by atoms with Crippen LogP contribution in [0.25, 0.3) is 11.0 Å². The molecule has 4 rings (SSSR count). The van der Waals surface area contributed by atoms with Crippen LogP contribution in [0.15, 0.2) is 42.5 Å². The molecule has 138 valence electrons. The molecule has 5 nitrogen and oxygen atoms in total. The zero-order chi connectivity index (χ0) is 19.0. The smallest absolute Gasteiger partial charge is 0.254 e. The largest absolute Gasteiger partial charge is 0.370 e. The van der Waals surface area contributed by atoms with Crippen LogP contribution >= 0.6 is 0 Å². The lowest BCUT2D eigenvalue weighted by Gasteiger charge is -2.33. The summed E-state index contributed by atoms with van der Waals surface area (Å²) in [6.45, 7) is 5.23. The number of fused-ring (bicyclic) bond motifs is 1. The molecule has 6 heteroatoms. The maximum atomic E-state index is 13.1. The van der Waals surface area contributed by atoms with E-state index in [1.165, 1.54) is 12.1 Å². The second-order valence-electron chi connectivity index (χ2n) is 6.76. The van der Waals surface area contributed by atoms with E-state index in [4.69, 9.17) is 4.74 Å². The quantitative estimate of drug-likeness (QED) is 0.696. The Hall–Kier alpha value is -2.86. The number of morpholine rings is 1. The minimum atomic E-state index is -0.287. The molecule has 1 atom stereocenters. The fourth-order valence-corrected chi connectivity index (χ4v) is 3.26. The summed E-state index contributed by atoms with van der Waals surface area (Å²) in [6, 6.07) is 11.6. The minimum Gasteiger partial charge on any atom is -0.370 e. The van der Waals surface area contributed by atoms with Gasteiger partial charge in [0.2, 0.25) is 0 Å². The van der Waals surface area contributed by atoms with Gasteiger partial charge in [-0.15, -0.1) is 0 Å². The van der Waals surface area contributed by atoms with Crippen molar-refractivity contribution >= 4 is 16.9 Å². The SMILES string of the molecule is Cc1nc2ccc(C(=O)N3CCOC(c4ccc(F)cc4)C3)cc2nc1C. The van der Waals surface area contributed by atoms with E-state index in [2.05, 4.69) is 9.97 Å². The highest BCUT2D eigenvalue weighted by Crippen LogP contribution is 2.24. The van der Waals surface area contributed by atoms with Gasteiger partial charge in [0, 0.05) is 12.1 Å². The molecule has 0 spiro atoms. The third-order valence-electron chi connectivity index (χ3n) is 4.92. The summed E-state index contributed by atoms with van der Waals surface area (Å²) in [7, 11) is 0. The zero-order valence-corrected chi connectivity index (χ0v) is 15.3. The van der Waals surface area contributed by atoms with E-state index >= 15 is 0 Å². The van der Waals surface area contributed by atoms with Crippen molar-refractivity contribution in [3.8, 4) is 0 Å². The topological polar surface area (TPSA) is 55.3 Å². The van der Waals surface area contributed by atoms with Gasteiger partial charge in [-0.25, -0.2) is 14.4 Å². The predicted molar refractivity (Wildman–Crippen MR) is 100 cm³/mol. The van der Waals surface area contributed by atoms with Crippen molar-refractivity contribution in [2.24, 2.45) is 0 Å². The lowest BCUT2D eigenvalue weighted by atomic mass is 10.1. The van der Waals surface area contributed by atoms with Crippen LogP contribution in [-0.4, -0.2) is 40.5 Å². The van der Waals surface area contributed by atoms with E-state index in [9.17, 15) is 9.18 Å². The van der Waals surface area contributed by atoms with Gasteiger partial charge in [-0.1, -0.05) is 12.1 Å². The third kappa shape index (κ3) is 3.53. The molecule has 1 saturated heterocycles. The highest BCUT2D eigenvalue weighted by molar-refractivity contribution is 5.97. The summed E-state index contributed by atoms with van der Waals surface area (Å²) >= 11 is 0. The van der Waals surface area contributed by atoms with Gasteiger partial charge in [0.1, 0.15) is 11.9 Å². The normalized spacial score (nSPS) is 17.3. The number of hydrogen-bond acceptors (Lipinski definition) is 4. The summed E-state index contributed by atoms with van der Waals surface area (Å²) in [5.74, 6) is -0.349. The molecular weight excluding hydrogens is 345 g/mol. The molecule has 2 heterocycles. The Labute approximate surface area is 156 Å². The molecule has 3 aromatic rings. The van der Waals surface area contributed by atoms with Crippen LogP contribution in [0.5, 0.6) is 0 Å². The van der Waals surface area contributed by atoms with E-state index < -0.39 is 0 Å². The number of aromatic nitrogens is 2. The molecule has 0 radical (unpaired) electrons. The number of ether oxygens (including phenoxy) is 1. The molecule has 1 aromatic heterocycles. The van der Waals surface area contributed by atoms with Crippen LogP contribution < -0.4 is 0 Å². The van der Waals surface area contributed by atoms with Crippen LogP contribution in [0, 0.1) is 19.7 Å². The van der Waals surface area contributed by atoms with Crippen LogP contribution in [0.4, 0.5) is 4.39 Å². The van der Waals surface area contributed by atoms with Crippen LogP contribution in [0.1, 0.15) is 33.4 Å². The van der Waals surface area contributed by atoms with Crippen molar-refractivity contribution in [3.05, 3.63) is 70.8 Å². The first-order valence-electron chi connectivity index (χ1n) is 8.92. The first-order chi connectivity index (χ1) is 13.0. The van der Waals surface area contributed by atoms with E-state index in [1.54, 1.807) is 29.2 Å². The van der Waals surface area contributed by atoms with Crippen molar-refractivity contribution in [3.63, 3.8) is 0 Å². The Morgan fingerprint density at radius 2 is 1.78 bits per heavy atom. The number of amides is 1.